The molecule has 2 aliphatic rings. The Morgan fingerprint density at radius 2 is 1.81 bits per heavy atom. The molecule has 0 radical (unpaired) electrons. The number of carbonyl (C=O) groups excluding carboxylic acids is 4. The van der Waals surface area contributed by atoms with E-state index in [1.807, 2.05) is 4.72 Å². The molecule has 2 heterocycles. The summed E-state index contributed by atoms with van der Waals surface area (Å²) in [4.78, 5) is 54.0. The summed E-state index contributed by atoms with van der Waals surface area (Å²) >= 11 is 1.66. The number of nitrogens with zero attached hydrogens (tertiary/aromatic N) is 2. The van der Waals surface area contributed by atoms with Crippen molar-refractivity contribution >= 4 is 45.6 Å². The number of carbonyl (C=O) groups is 4. The molecule has 1 aromatic rings. The molecule has 3 rings (SSSR count). The van der Waals surface area contributed by atoms with Crippen molar-refractivity contribution in [3.63, 3.8) is 0 Å². The van der Waals surface area contributed by atoms with Crippen LogP contribution in [0.1, 0.15) is 47.9 Å². The molecule has 2 atom stereocenters. The van der Waals surface area contributed by atoms with Gasteiger partial charge in [-0.05, 0) is 51.3 Å². The largest absolute Gasteiger partial charge is 0.444 e. The quantitative estimate of drug-likeness (QED) is 0.549. The van der Waals surface area contributed by atoms with Crippen LogP contribution < -0.4 is 10.0 Å². The average molecular weight is 541 g/mol. The zero-order valence-corrected chi connectivity index (χ0v) is 22.4. The molecule has 36 heavy (non-hydrogen) atoms. The van der Waals surface area contributed by atoms with Crippen molar-refractivity contribution < 1.29 is 32.3 Å². The highest BCUT2D eigenvalue weighted by molar-refractivity contribution is 7.99. The monoisotopic (exact) mass is 540 g/mol. The Labute approximate surface area is 215 Å². The van der Waals surface area contributed by atoms with Crippen LogP contribution in [0.25, 0.3) is 0 Å². The van der Waals surface area contributed by atoms with Gasteiger partial charge in [-0.15, -0.1) is 11.8 Å². The van der Waals surface area contributed by atoms with Crippen LogP contribution in [0.2, 0.25) is 0 Å². The van der Waals surface area contributed by atoms with Gasteiger partial charge in [0.2, 0.25) is 15.9 Å². The van der Waals surface area contributed by atoms with Crippen molar-refractivity contribution in [1.29, 1.82) is 0 Å². The van der Waals surface area contributed by atoms with E-state index in [0.717, 1.165) is 12.0 Å². The average Bonchev–Trinajstić information content (AvgIpc) is 3.45. The molecule has 198 valence electrons. The SMILES string of the molecule is CC(C)(C)OC(=O)N1C[C@@H](CNC(=O)c2cccc(C(=O)NS(C)(=O)=O)c2)C[C@H]1C(=O)N1CCSC1. The second-order valence-electron chi connectivity index (χ2n) is 9.88. The van der Waals surface area contributed by atoms with Crippen molar-refractivity contribution in [2.45, 2.75) is 38.8 Å². The molecule has 13 heteroatoms. The minimum absolute atomic E-state index is 0.0270. The van der Waals surface area contributed by atoms with Gasteiger partial charge in [0.25, 0.3) is 11.8 Å². The summed E-state index contributed by atoms with van der Waals surface area (Å²) in [6.45, 7) is 6.37. The Morgan fingerprint density at radius 1 is 1.14 bits per heavy atom. The van der Waals surface area contributed by atoms with Gasteiger partial charge in [-0.1, -0.05) is 6.07 Å². The van der Waals surface area contributed by atoms with E-state index in [9.17, 15) is 27.6 Å². The van der Waals surface area contributed by atoms with Gasteiger partial charge >= 0.3 is 6.09 Å². The third-order valence-electron chi connectivity index (χ3n) is 5.58. The van der Waals surface area contributed by atoms with Crippen LogP contribution in [0.5, 0.6) is 0 Å². The topological polar surface area (TPSA) is 142 Å². The maximum atomic E-state index is 13.1. The van der Waals surface area contributed by atoms with E-state index in [1.54, 1.807) is 37.4 Å². The summed E-state index contributed by atoms with van der Waals surface area (Å²) in [6, 6.07) is 5.03. The van der Waals surface area contributed by atoms with Crippen LogP contribution >= 0.6 is 11.8 Å². The Bertz CT molecular complexity index is 1130. The maximum Gasteiger partial charge on any atom is 0.410 e. The lowest BCUT2D eigenvalue weighted by Crippen LogP contribution is -2.48. The van der Waals surface area contributed by atoms with Gasteiger partial charge in [-0.25, -0.2) is 17.9 Å². The Kier molecular flexibility index (Phi) is 8.55. The number of sulfonamides is 1. The van der Waals surface area contributed by atoms with Crippen LogP contribution in [0.15, 0.2) is 24.3 Å². The van der Waals surface area contributed by atoms with E-state index >= 15 is 0 Å². The second-order valence-corrected chi connectivity index (χ2v) is 12.7. The molecule has 2 saturated heterocycles. The van der Waals surface area contributed by atoms with Gasteiger partial charge in [0, 0.05) is 36.5 Å². The normalized spacial score (nSPS) is 20.2. The minimum atomic E-state index is -3.74. The molecule has 4 amide bonds. The molecule has 0 aliphatic carbocycles. The Hall–Kier alpha value is -2.80. The van der Waals surface area contributed by atoms with Crippen LogP contribution in [0, 0.1) is 5.92 Å². The summed E-state index contributed by atoms with van der Waals surface area (Å²) in [5.41, 5.74) is -0.506. The first-order valence-electron chi connectivity index (χ1n) is 11.5. The van der Waals surface area contributed by atoms with Crippen LogP contribution in [0.4, 0.5) is 4.79 Å². The highest BCUT2D eigenvalue weighted by atomic mass is 32.2. The van der Waals surface area contributed by atoms with Gasteiger partial charge in [0.1, 0.15) is 11.6 Å². The predicted molar refractivity (Wildman–Crippen MR) is 135 cm³/mol. The second kappa shape index (κ2) is 11.1. The Balaban J connectivity index is 1.66. The summed E-state index contributed by atoms with van der Waals surface area (Å²) in [7, 11) is -3.74. The number of rotatable bonds is 6. The molecule has 0 bridgehead atoms. The van der Waals surface area contributed by atoms with Gasteiger partial charge < -0.3 is 15.0 Å². The highest BCUT2D eigenvalue weighted by Crippen LogP contribution is 2.28. The number of hydrogen-bond donors (Lipinski definition) is 2. The predicted octanol–water partition coefficient (Wildman–Crippen LogP) is 1.26. The number of hydrogen-bond acceptors (Lipinski definition) is 8. The smallest absolute Gasteiger partial charge is 0.410 e. The number of likely N-dealkylation sites (tertiary alicyclic amines) is 1. The lowest BCUT2D eigenvalue weighted by atomic mass is 10.0. The minimum Gasteiger partial charge on any atom is -0.444 e. The van der Waals surface area contributed by atoms with E-state index in [-0.39, 0.29) is 36.0 Å². The molecule has 2 fully saturated rings. The van der Waals surface area contributed by atoms with Crippen LogP contribution in [-0.4, -0.2) is 91.2 Å². The van der Waals surface area contributed by atoms with E-state index in [1.165, 1.54) is 29.2 Å². The fourth-order valence-electron chi connectivity index (χ4n) is 3.99. The van der Waals surface area contributed by atoms with E-state index in [4.69, 9.17) is 4.74 Å². The molecular formula is C23H32N4O7S2. The molecule has 0 unspecified atom stereocenters. The number of nitrogens with one attached hydrogen (secondary N) is 2. The van der Waals surface area contributed by atoms with E-state index < -0.39 is 39.6 Å². The first-order chi connectivity index (χ1) is 16.7. The number of amides is 4. The van der Waals surface area contributed by atoms with Crippen molar-refractivity contribution in [2.24, 2.45) is 5.92 Å². The molecule has 2 N–H and O–H groups in total. The number of benzene rings is 1. The van der Waals surface area contributed by atoms with Crippen molar-refractivity contribution in [3.05, 3.63) is 35.4 Å². The summed E-state index contributed by atoms with van der Waals surface area (Å²) < 4.78 is 30.0. The molecule has 0 spiro atoms. The molecule has 0 aromatic heterocycles. The number of thioether (sulfide) groups is 1. The number of ether oxygens (including phenoxy) is 1. The van der Waals surface area contributed by atoms with Crippen LogP contribution in [-0.2, 0) is 19.6 Å². The lowest BCUT2D eigenvalue weighted by Gasteiger charge is -2.29. The molecule has 1 aromatic carbocycles. The lowest BCUT2D eigenvalue weighted by molar-refractivity contribution is -0.134. The van der Waals surface area contributed by atoms with Crippen molar-refractivity contribution in [3.8, 4) is 0 Å². The van der Waals surface area contributed by atoms with Gasteiger partial charge in [-0.2, -0.15) is 0 Å². The summed E-state index contributed by atoms with van der Waals surface area (Å²) in [5, 5.41) is 2.80. The third kappa shape index (κ3) is 7.60. The van der Waals surface area contributed by atoms with E-state index in [0.29, 0.717) is 18.8 Å². The van der Waals surface area contributed by atoms with Crippen molar-refractivity contribution in [1.82, 2.24) is 19.8 Å². The van der Waals surface area contributed by atoms with E-state index in [2.05, 4.69) is 5.32 Å². The Morgan fingerprint density at radius 3 is 2.39 bits per heavy atom. The molecule has 0 saturated carbocycles. The first kappa shape index (κ1) is 27.8. The zero-order chi connectivity index (χ0) is 26.7. The third-order valence-corrected chi connectivity index (χ3v) is 7.10. The van der Waals surface area contributed by atoms with Crippen LogP contribution in [0.3, 0.4) is 0 Å². The van der Waals surface area contributed by atoms with Gasteiger partial charge in [0.05, 0.1) is 12.1 Å². The fourth-order valence-corrected chi connectivity index (χ4v) is 5.40. The van der Waals surface area contributed by atoms with Gasteiger partial charge in [-0.3, -0.25) is 19.3 Å². The van der Waals surface area contributed by atoms with Gasteiger partial charge in [0.15, 0.2) is 0 Å². The fraction of sp³-hybridized carbons (Fsp3) is 0.565. The molecular weight excluding hydrogens is 508 g/mol. The summed E-state index contributed by atoms with van der Waals surface area (Å²) in [6.07, 6.45) is 0.687. The molecule has 11 nitrogen and oxygen atoms in total. The highest BCUT2D eigenvalue weighted by Gasteiger charge is 2.43. The maximum absolute atomic E-state index is 13.1. The van der Waals surface area contributed by atoms with Crippen molar-refractivity contribution in [2.75, 3.05) is 37.5 Å². The standard InChI is InChI=1S/C23H32N4O7S2/c1-23(2,3)34-22(31)27-13-15(10-18(27)21(30)26-8-9-35-14-26)12-24-19(28)16-6-5-7-17(11-16)20(29)25-36(4,32)33/h5-7,11,15,18H,8-10,12-14H2,1-4H3,(H,24,28)(H,25,29)/t15-,18+/m1/s1. The zero-order valence-electron chi connectivity index (χ0n) is 20.8. The molecule has 2 aliphatic heterocycles. The first-order valence-corrected chi connectivity index (χ1v) is 14.5. The summed E-state index contributed by atoms with van der Waals surface area (Å²) in [5.74, 6) is -0.157.